The molecule has 5 nitrogen and oxygen atoms in total. The zero-order chi connectivity index (χ0) is 18.8. The Hall–Kier alpha value is -1.75. The lowest BCUT2D eigenvalue weighted by Gasteiger charge is -2.34. The third kappa shape index (κ3) is 4.40. The van der Waals surface area contributed by atoms with Crippen LogP contribution in [0.4, 0.5) is 10.5 Å². The smallest absolute Gasteiger partial charge is 0.322 e. The zero-order valence-corrected chi connectivity index (χ0v) is 16.4. The molecule has 4 rings (SSSR count). The highest BCUT2D eigenvalue weighted by atomic mass is 35.5. The van der Waals surface area contributed by atoms with Crippen molar-refractivity contribution in [1.82, 2.24) is 10.2 Å². The van der Waals surface area contributed by atoms with Crippen LogP contribution in [0, 0.1) is 5.92 Å². The average Bonchev–Trinajstić information content (AvgIpc) is 3.33. The Kier molecular flexibility index (Phi) is 5.58. The van der Waals surface area contributed by atoms with Crippen molar-refractivity contribution in [2.45, 2.75) is 69.9 Å². The number of anilines is 1. The lowest BCUT2D eigenvalue weighted by Crippen LogP contribution is -2.43. The molecule has 3 aliphatic rings. The van der Waals surface area contributed by atoms with Crippen molar-refractivity contribution >= 4 is 29.2 Å². The molecule has 1 aliphatic heterocycles. The minimum atomic E-state index is -0.141. The second-order valence-corrected chi connectivity index (χ2v) is 8.58. The molecule has 3 fully saturated rings. The molecular weight excluding hydrogens is 362 g/mol. The standard InChI is InChI=1S/C21H28ClN3O2/c22-18-13-16(10-11-17(18)20(26)23-15-8-9-15)24-21(27)25-12-4-7-19(25)14-5-2-1-3-6-14/h10-11,13-15,19H,1-9,12H2,(H,23,26)(H,24,27)/t19-/m0/s1. The van der Waals surface area contributed by atoms with Crippen LogP contribution in [0.15, 0.2) is 18.2 Å². The molecular formula is C21H28ClN3O2. The maximum atomic E-state index is 12.8. The SMILES string of the molecule is O=C(NC1CC1)c1ccc(NC(=O)N2CCC[C@H]2C2CCCCC2)cc1Cl. The number of hydrogen-bond donors (Lipinski definition) is 2. The fourth-order valence-corrected chi connectivity index (χ4v) is 4.78. The summed E-state index contributed by atoms with van der Waals surface area (Å²) >= 11 is 6.30. The fraction of sp³-hybridized carbons (Fsp3) is 0.619. The third-order valence-electron chi connectivity index (χ3n) is 6.13. The van der Waals surface area contributed by atoms with E-state index in [1.165, 1.54) is 32.1 Å². The van der Waals surface area contributed by atoms with Gasteiger partial charge in [-0.05, 0) is 62.6 Å². The molecule has 0 radical (unpaired) electrons. The van der Waals surface area contributed by atoms with E-state index in [9.17, 15) is 9.59 Å². The highest BCUT2D eigenvalue weighted by molar-refractivity contribution is 6.34. The summed E-state index contributed by atoms with van der Waals surface area (Å²) < 4.78 is 0. The zero-order valence-electron chi connectivity index (χ0n) is 15.7. The van der Waals surface area contributed by atoms with E-state index in [4.69, 9.17) is 11.6 Å². The normalized spacial score (nSPS) is 23.3. The molecule has 1 aromatic rings. The summed E-state index contributed by atoms with van der Waals surface area (Å²) in [5.41, 5.74) is 1.10. The Morgan fingerprint density at radius 1 is 1.00 bits per heavy atom. The molecule has 1 aromatic carbocycles. The number of urea groups is 1. The second-order valence-electron chi connectivity index (χ2n) is 8.17. The van der Waals surface area contributed by atoms with Crippen molar-refractivity contribution in [3.05, 3.63) is 28.8 Å². The van der Waals surface area contributed by atoms with Crippen LogP contribution in [0.1, 0.15) is 68.1 Å². The van der Waals surface area contributed by atoms with Crippen molar-refractivity contribution in [1.29, 1.82) is 0 Å². The number of carbonyl (C=O) groups is 2. The number of carbonyl (C=O) groups excluding carboxylic acids is 2. The first-order valence-electron chi connectivity index (χ1n) is 10.3. The van der Waals surface area contributed by atoms with E-state index in [1.54, 1.807) is 18.2 Å². The molecule has 0 bridgehead atoms. The molecule has 146 valence electrons. The van der Waals surface area contributed by atoms with Crippen molar-refractivity contribution in [3.63, 3.8) is 0 Å². The molecule has 27 heavy (non-hydrogen) atoms. The van der Waals surface area contributed by atoms with E-state index in [2.05, 4.69) is 10.6 Å². The predicted molar refractivity (Wildman–Crippen MR) is 107 cm³/mol. The summed E-state index contributed by atoms with van der Waals surface area (Å²) in [7, 11) is 0. The fourth-order valence-electron chi connectivity index (χ4n) is 4.52. The van der Waals surface area contributed by atoms with Crippen molar-refractivity contribution in [3.8, 4) is 0 Å². The summed E-state index contributed by atoms with van der Waals surface area (Å²) in [5, 5.41) is 6.29. The number of benzene rings is 1. The molecule has 2 saturated carbocycles. The van der Waals surface area contributed by atoms with Gasteiger partial charge in [0.15, 0.2) is 0 Å². The Bertz CT molecular complexity index is 713. The maximum absolute atomic E-state index is 12.8. The maximum Gasteiger partial charge on any atom is 0.322 e. The van der Waals surface area contributed by atoms with E-state index in [0.29, 0.717) is 34.3 Å². The highest BCUT2D eigenvalue weighted by Gasteiger charge is 2.35. The first-order valence-corrected chi connectivity index (χ1v) is 10.7. The van der Waals surface area contributed by atoms with Crippen LogP contribution < -0.4 is 10.6 Å². The number of rotatable bonds is 4. The molecule has 3 amide bonds. The summed E-state index contributed by atoms with van der Waals surface area (Å²) in [6, 6.07) is 5.74. The van der Waals surface area contributed by atoms with Gasteiger partial charge in [0.05, 0.1) is 10.6 Å². The minimum Gasteiger partial charge on any atom is -0.349 e. The minimum absolute atomic E-state index is 0.0469. The summed E-state index contributed by atoms with van der Waals surface area (Å²) in [5.74, 6) is 0.501. The quantitative estimate of drug-likeness (QED) is 0.776. The molecule has 1 atom stereocenters. The van der Waals surface area contributed by atoms with Gasteiger partial charge in [0, 0.05) is 24.3 Å². The van der Waals surface area contributed by atoms with Crippen LogP contribution in [0.5, 0.6) is 0 Å². The second kappa shape index (κ2) is 8.09. The first kappa shape index (κ1) is 18.6. The monoisotopic (exact) mass is 389 g/mol. The van der Waals surface area contributed by atoms with Crippen molar-refractivity contribution in [2.75, 3.05) is 11.9 Å². The third-order valence-corrected chi connectivity index (χ3v) is 6.44. The van der Waals surface area contributed by atoms with Gasteiger partial charge in [-0.3, -0.25) is 4.79 Å². The van der Waals surface area contributed by atoms with Gasteiger partial charge in [0.1, 0.15) is 0 Å². The van der Waals surface area contributed by atoms with E-state index < -0.39 is 0 Å². The number of likely N-dealkylation sites (tertiary alicyclic amines) is 1. The van der Waals surface area contributed by atoms with Gasteiger partial charge in [0.25, 0.3) is 5.91 Å². The number of amides is 3. The summed E-state index contributed by atoms with van der Waals surface area (Å²) in [6.07, 6.45) is 10.7. The van der Waals surface area contributed by atoms with E-state index in [0.717, 1.165) is 32.2 Å². The largest absolute Gasteiger partial charge is 0.349 e. The molecule has 0 aromatic heterocycles. The highest BCUT2D eigenvalue weighted by Crippen LogP contribution is 2.34. The van der Waals surface area contributed by atoms with Crippen molar-refractivity contribution < 1.29 is 9.59 Å². The van der Waals surface area contributed by atoms with Crippen LogP contribution >= 0.6 is 11.6 Å². The molecule has 0 spiro atoms. The van der Waals surface area contributed by atoms with Crippen LogP contribution in [-0.2, 0) is 0 Å². The van der Waals surface area contributed by atoms with Gasteiger partial charge < -0.3 is 15.5 Å². The van der Waals surface area contributed by atoms with Crippen molar-refractivity contribution in [2.24, 2.45) is 5.92 Å². The van der Waals surface area contributed by atoms with Crippen LogP contribution in [0.2, 0.25) is 5.02 Å². The van der Waals surface area contributed by atoms with Crippen LogP contribution in [0.25, 0.3) is 0 Å². The summed E-state index contributed by atoms with van der Waals surface area (Å²) in [4.78, 5) is 27.0. The van der Waals surface area contributed by atoms with Gasteiger partial charge in [0.2, 0.25) is 0 Å². The number of nitrogens with zero attached hydrogens (tertiary/aromatic N) is 1. The lowest BCUT2D eigenvalue weighted by molar-refractivity contribution is 0.0951. The Morgan fingerprint density at radius 2 is 1.78 bits per heavy atom. The molecule has 1 heterocycles. The number of hydrogen-bond acceptors (Lipinski definition) is 2. The number of nitrogens with one attached hydrogen (secondary N) is 2. The molecule has 2 aliphatic carbocycles. The predicted octanol–water partition coefficient (Wildman–Crippen LogP) is 4.81. The Labute approximate surface area is 165 Å². The molecule has 1 saturated heterocycles. The lowest BCUT2D eigenvalue weighted by atomic mass is 9.83. The van der Waals surface area contributed by atoms with Gasteiger partial charge in [-0.15, -0.1) is 0 Å². The van der Waals surface area contributed by atoms with E-state index in [1.807, 2.05) is 4.90 Å². The summed E-state index contributed by atoms with van der Waals surface area (Å²) in [6.45, 7) is 0.822. The molecule has 0 unspecified atom stereocenters. The van der Waals surface area contributed by atoms with E-state index in [-0.39, 0.29) is 11.9 Å². The topological polar surface area (TPSA) is 61.4 Å². The van der Waals surface area contributed by atoms with Gasteiger partial charge in [-0.2, -0.15) is 0 Å². The Balaban J connectivity index is 1.39. The van der Waals surface area contributed by atoms with Crippen LogP contribution in [0.3, 0.4) is 0 Å². The van der Waals surface area contributed by atoms with Gasteiger partial charge in [-0.1, -0.05) is 30.9 Å². The van der Waals surface area contributed by atoms with Crippen LogP contribution in [-0.4, -0.2) is 35.5 Å². The Morgan fingerprint density at radius 3 is 2.48 bits per heavy atom. The van der Waals surface area contributed by atoms with Gasteiger partial charge >= 0.3 is 6.03 Å². The molecule has 6 heteroatoms. The van der Waals surface area contributed by atoms with E-state index >= 15 is 0 Å². The van der Waals surface area contributed by atoms with Gasteiger partial charge in [-0.25, -0.2) is 4.79 Å². The first-order chi connectivity index (χ1) is 13.1. The number of halogens is 1. The average molecular weight is 390 g/mol. The molecule has 2 N–H and O–H groups in total.